The van der Waals surface area contributed by atoms with Crippen molar-refractivity contribution in [1.82, 2.24) is 4.31 Å². The molecule has 0 radical (unpaired) electrons. The van der Waals surface area contributed by atoms with E-state index in [-0.39, 0.29) is 11.8 Å². The summed E-state index contributed by atoms with van der Waals surface area (Å²) in [5, 5.41) is 0.658. The van der Waals surface area contributed by atoms with Crippen molar-refractivity contribution in [3.05, 3.63) is 76.3 Å². The molecule has 1 aliphatic rings. The first kappa shape index (κ1) is 16.8. The first-order valence-electron chi connectivity index (χ1n) is 7.73. The molecule has 0 N–H and O–H groups in total. The van der Waals surface area contributed by atoms with E-state index in [2.05, 4.69) is 0 Å². The molecule has 1 aliphatic heterocycles. The molecule has 1 heterocycles. The van der Waals surface area contributed by atoms with Crippen molar-refractivity contribution in [2.24, 2.45) is 0 Å². The van der Waals surface area contributed by atoms with E-state index in [9.17, 15) is 9.59 Å². The number of benzene rings is 2. The normalized spacial score (nSPS) is 14.7. The van der Waals surface area contributed by atoms with Crippen molar-refractivity contribution in [1.29, 1.82) is 0 Å². The van der Waals surface area contributed by atoms with Crippen LogP contribution in [0.5, 0.6) is 0 Å². The maximum atomic E-state index is 12.6. The van der Waals surface area contributed by atoms with Crippen LogP contribution in [-0.4, -0.2) is 16.1 Å². The van der Waals surface area contributed by atoms with E-state index < -0.39 is 0 Å². The maximum Gasteiger partial charge on any atom is 0.272 e. The summed E-state index contributed by atoms with van der Waals surface area (Å²) in [7, 11) is 0. The number of nitrogens with zero attached hydrogens (tertiary/aromatic N) is 1. The van der Waals surface area contributed by atoms with E-state index in [1.165, 1.54) is 4.31 Å². The van der Waals surface area contributed by atoms with E-state index in [0.29, 0.717) is 22.6 Å². The van der Waals surface area contributed by atoms with Crippen LogP contribution >= 0.6 is 23.5 Å². The number of allylic oxidation sites excluding steroid dienone is 1. The lowest BCUT2D eigenvalue weighted by Gasteiger charge is -2.17. The molecular formula is C19H16ClNO2S. The molecule has 0 aromatic heterocycles. The Morgan fingerprint density at radius 3 is 2.04 bits per heavy atom. The van der Waals surface area contributed by atoms with Gasteiger partial charge in [-0.3, -0.25) is 9.59 Å². The van der Waals surface area contributed by atoms with Crippen LogP contribution in [0.3, 0.4) is 0 Å². The zero-order chi connectivity index (χ0) is 17.1. The van der Waals surface area contributed by atoms with Crippen LogP contribution in [0.2, 0.25) is 0 Å². The Labute approximate surface area is 150 Å². The SMILES string of the molecule is CCC/C(Cl)=C(\SN1C(=O)c2ccccc2C1=O)c1ccccc1. The van der Waals surface area contributed by atoms with E-state index in [1.54, 1.807) is 24.3 Å². The maximum absolute atomic E-state index is 12.6. The highest BCUT2D eigenvalue weighted by Crippen LogP contribution is 2.40. The minimum absolute atomic E-state index is 0.296. The van der Waals surface area contributed by atoms with Gasteiger partial charge < -0.3 is 0 Å². The van der Waals surface area contributed by atoms with Crippen molar-refractivity contribution in [2.45, 2.75) is 19.8 Å². The molecule has 2 amide bonds. The van der Waals surface area contributed by atoms with Gasteiger partial charge in [-0.05, 0) is 24.1 Å². The van der Waals surface area contributed by atoms with Gasteiger partial charge in [-0.25, -0.2) is 4.31 Å². The van der Waals surface area contributed by atoms with Gasteiger partial charge in [0.1, 0.15) is 0 Å². The number of carbonyl (C=O) groups is 2. The minimum Gasteiger partial charge on any atom is -0.268 e. The molecule has 0 fully saturated rings. The molecular weight excluding hydrogens is 342 g/mol. The van der Waals surface area contributed by atoms with Gasteiger partial charge in [-0.15, -0.1) is 0 Å². The number of carbonyl (C=O) groups excluding carboxylic acids is 2. The molecule has 5 heteroatoms. The molecule has 0 spiro atoms. The zero-order valence-corrected chi connectivity index (χ0v) is 14.7. The third-order valence-electron chi connectivity index (χ3n) is 3.69. The molecule has 3 nitrogen and oxygen atoms in total. The van der Waals surface area contributed by atoms with Gasteiger partial charge in [0.05, 0.1) is 16.0 Å². The van der Waals surface area contributed by atoms with Gasteiger partial charge >= 0.3 is 0 Å². The summed E-state index contributed by atoms with van der Waals surface area (Å²) in [6, 6.07) is 16.5. The Kier molecular flexibility index (Phi) is 5.07. The van der Waals surface area contributed by atoms with E-state index in [0.717, 1.165) is 28.8 Å². The average Bonchev–Trinajstić information content (AvgIpc) is 2.85. The van der Waals surface area contributed by atoms with Crippen LogP contribution in [0, 0.1) is 0 Å². The Hall–Kier alpha value is -2.04. The van der Waals surface area contributed by atoms with Crippen molar-refractivity contribution in [3.8, 4) is 0 Å². The molecule has 0 saturated carbocycles. The van der Waals surface area contributed by atoms with Crippen molar-refractivity contribution in [2.75, 3.05) is 0 Å². The monoisotopic (exact) mass is 357 g/mol. The fourth-order valence-corrected chi connectivity index (χ4v) is 3.91. The Bertz CT molecular complexity index is 782. The Morgan fingerprint density at radius 1 is 0.958 bits per heavy atom. The fourth-order valence-electron chi connectivity index (χ4n) is 2.52. The number of fused-ring (bicyclic) bond motifs is 1. The highest BCUT2D eigenvalue weighted by atomic mass is 35.5. The van der Waals surface area contributed by atoms with Crippen molar-refractivity contribution >= 4 is 40.3 Å². The van der Waals surface area contributed by atoms with Crippen LogP contribution in [0.1, 0.15) is 46.0 Å². The number of hydrogen-bond acceptors (Lipinski definition) is 3. The van der Waals surface area contributed by atoms with E-state index in [4.69, 9.17) is 11.6 Å². The van der Waals surface area contributed by atoms with Crippen LogP contribution in [0.25, 0.3) is 4.91 Å². The third-order valence-corrected chi connectivity index (χ3v) is 5.36. The summed E-state index contributed by atoms with van der Waals surface area (Å²) in [5.74, 6) is -0.593. The summed E-state index contributed by atoms with van der Waals surface area (Å²) in [5.41, 5.74) is 1.78. The number of rotatable bonds is 5. The quantitative estimate of drug-likeness (QED) is 0.535. The van der Waals surface area contributed by atoms with Crippen LogP contribution in [0.15, 0.2) is 59.6 Å². The van der Waals surface area contributed by atoms with E-state index in [1.807, 2.05) is 37.3 Å². The van der Waals surface area contributed by atoms with Gasteiger partial charge in [-0.2, -0.15) is 0 Å². The molecule has 3 rings (SSSR count). The molecule has 122 valence electrons. The summed E-state index contributed by atoms with van der Waals surface area (Å²) in [6.07, 6.45) is 1.58. The molecule has 2 aromatic carbocycles. The second kappa shape index (κ2) is 7.24. The molecule has 0 atom stereocenters. The van der Waals surface area contributed by atoms with Crippen molar-refractivity contribution < 1.29 is 9.59 Å². The summed E-state index contributed by atoms with van der Waals surface area (Å²) in [4.78, 5) is 25.9. The highest BCUT2D eigenvalue weighted by Gasteiger charge is 2.37. The fraction of sp³-hybridized carbons (Fsp3) is 0.158. The number of halogens is 1. The van der Waals surface area contributed by atoms with Gasteiger partial charge in [-0.1, -0.05) is 67.4 Å². The molecule has 0 bridgehead atoms. The van der Waals surface area contributed by atoms with Crippen LogP contribution in [0.4, 0.5) is 0 Å². The largest absolute Gasteiger partial charge is 0.272 e. The predicted molar refractivity (Wildman–Crippen MR) is 98.7 cm³/mol. The lowest BCUT2D eigenvalue weighted by molar-refractivity contribution is 0.0778. The number of hydrogen-bond donors (Lipinski definition) is 0. The molecule has 0 saturated heterocycles. The first-order valence-corrected chi connectivity index (χ1v) is 8.88. The lowest BCUT2D eigenvalue weighted by atomic mass is 10.1. The topological polar surface area (TPSA) is 37.4 Å². The zero-order valence-electron chi connectivity index (χ0n) is 13.2. The Balaban J connectivity index is 1.97. The minimum atomic E-state index is -0.296. The molecule has 24 heavy (non-hydrogen) atoms. The highest BCUT2D eigenvalue weighted by molar-refractivity contribution is 8.07. The first-order chi connectivity index (χ1) is 11.6. The summed E-state index contributed by atoms with van der Waals surface area (Å²) >= 11 is 7.58. The third kappa shape index (κ3) is 3.12. The molecule has 2 aromatic rings. The predicted octanol–water partition coefficient (Wildman–Crippen LogP) is 5.34. The van der Waals surface area contributed by atoms with Gasteiger partial charge in [0.25, 0.3) is 11.8 Å². The van der Waals surface area contributed by atoms with E-state index >= 15 is 0 Å². The number of amides is 2. The molecule has 0 aliphatic carbocycles. The Morgan fingerprint density at radius 2 is 1.50 bits per heavy atom. The second-order valence-electron chi connectivity index (χ2n) is 5.39. The standard InChI is InChI=1S/C19H16ClNO2S/c1-2-8-16(20)17(13-9-4-3-5-10-13)24-21-18(22)14-11-6-7-12-15(14)19(21)23/h3-7,9-12H,2,8H2,1H3/b17-16+. The van der Waals surface area contributed by atoms with Crippen LogP contribution < -0.4 is 0 Å². The van der Waals surface area contributed by atoms with Gasteiger partial charge in [0.2, 0.25) is 0 Å². The smallest absolute Gasteiger partial charge is 0.268 e. The average molecular weight is 358 g/mol. The van der Waals surface area contributed by atoms with Gasteiger partial charge in [0, 0.05) is 17.0 Å². The summed E-state index contributed by atoms with van der Waals surface area (Å²) < 4.78 is 1.20. The molecule has 0 unspecified atom stereocenters. The number of imide groups is 1. The summed E-state index contributed by atoms with van der Waals surface area (Å²) in [6.45, 7) is 2.04. The van der Waals surface area contributed by atoms with Crippen LogP contribution in [-0.2, 0) is 0 Å². The van der Waals surface area contributed by atoms with Gasteiger partial charge in [0.15, 0.2) is 0 Å². The van der Waals surface area contributed by atoms with Crippen molar-refractivity contribution in [3.63, 3.8) is 0 Å². The second-order valence-corrected chi connectivity index (χ2v) is 6.80. The lowest BCUT2D eigenvalue weighted by Crippen LogP contribution is -2.22.